The zero-order chi connectivity index (χ0) is 14.5. The molecule has 0 saturated heterocycles. The average Bonchev–Trinajstić information content (AvgIpc) is 2.44. The molecule has 0 heterocycles. The van der Waals surface area contributed by atoms with Crippen LogP contribution in [0.25, 0.3) is 0 Å². The molecule has 4 heteroatoms. The maximum atomic E-state index is 13.2. The van der Waals surface area contributed by atoms with Crippen LogP contribution in [0.2, 0.25) is 5.02 Å². The van der Waals surface area contributed by atoms with Gasteiger partial charge in [0.2, 0.25) is 0 Å². The van der Waals surface area contributed by atoms with Crippen LogP contribution in [0.1, 0.15) is 25.5 Å². The highest BCUT2D eigenvalue weighted by molar-refractivity contribution is 6.33. The molecule has 0 spiro atoms. The summed E-state index contributed by atoms with van der Waals surface area (Å²) in [7, 11) is 0. The van der Waals surface area contributed by atoms with E-state index in [9.17, 15) is 4.39 Å². The quantitative estimate of drug-likeness (QED) is 0.833. The first-order valence-corrected chi connectivity index (χ1v) is 6.92. The zero-order valence-corrected chi connectivity index (χ0v) is 12.2. The molecule has 0 aliphatic heterocycles. The van der Waals surface area contributed by atoms with Crippen LogP contribution in [0.5, 0.6) is 5.75 Å². The fourth-order valence-corrected chi connectivity index (χ4v) is 2.12. The van der Waals surface area contributed by atoms with E-state index in [0.29, 0.717) is 17.3 Å². The molecule has 0 amide bonds. The van der Waals surface area contributed by atoms with Crippen LogP contribution >= 0.6 is 11.6 Å². The van der Waals surface area contributed by atoms with E-state index in [-0.39, 0.29) is 11.9 Å². The molecule has 2 nitrogen and oxygen atoms in total. The molecule has 2 rings (SSSR count). The monoisotopic (exact) mass is 293 g/mol. The molecule has 20 heavy (non-hydrogen) atoms. The van der Waals surface area contributed by atoms with E-state index < -0.39 is 0 Å². The minimum atomic E-state index is -0.309. The highest BCUT2D eigenvalue weighted by Gasteiger charge is 2.09. The van der Waals surface area contributed by atoms with E-state index >= 15 is 0 Å². The Hall–Kier alpha value is -1.74. The lowest BCUT2D eigenvalue weighted by atomic mass is 10.1. The topological polar surface area (TPSA) is 21.3 Å². The Balaban J connectivity index is 2.11. The number of anilines is 1. The standard InChI is InChI=1S/C16H17ClFNO/c1-3-20-14-7-4-12(5-8-14)11(2)19-16-10-13(18)6-9-15(16)17/h4-11,19H,3H2,1-2H3. The summed E-state index contributed by atoms with van der Waals surface area (Å²) < 4.78 is 18.6. The molecule has 1 atom stereocenters. The van der Waals surface area contributed by atoms with Crippen molar-refractivity contribution >= 4 is 17.3 Å². The van der Waals surface area contributed by atoms with Gasteiger partial charge in [0.25, 0.3) is 0 Å². The molecule has 0 fully saturated rings. The first kappa shape index (κ1) is 14.7. The molecular weight excluding hydrogens is 277 g/mol. The van der Waals surface area contributed by atoms with Crippen LogP contribution in [0.3, 0.4) is 0 Å². The Bertz CT molecular complexity index is 571. The Morgan fingerprint density at radius 3 is 2.55 bits per heavy atom. The van der Waals surface area contributed by atoms with Gasteiger partial charge in [0, 0.05) is 6.04 Å². The van der Waals surface area contributed by atoms with Crippen LogP contribution in [-0.2, 0) is 0 Å². The number of halogens is 2. The Morgan fingerprint density at radius 2 is 1.90 bits per heavy atom. The Kier molecular flexibility index (Phi) is 4.85. The maximum absolute atomic E-state index is 13.2. The lowest BCUT2D eigenvalue weighted by molar-refractivity contribution is 0.340. The molecule has 0 aliphatic rings. The van der Waals surface area contributed by atoms with Gasteiger partial charge in [-0.2, -0.15) is 0 Å². The van der Waals surface area contributed by atoms with Crippen LogP contribution in [-0.4, -0.2) is 6.61 Å². The second-order valence-electron chi connectivity index (χ2n) is 4.49. The highest BCUT2D eigenvalue weighted by atomic mass is 35.5. The van der Waals surface area contributed by atoms with Crippen molar-refractivity contribution in [2.75, 3.05) is 11.9 Å². The van der Waals surface area contributed by atoms with E-state index in [4.69, 9.17) is 16.3 Å². The Morgan fingerprint density at radius 1 is 1.20 bits per heavy atom. The van der Waals surface area contributed by atoms with Crippen LogP contribution in [0.4, 0.5) is 10.1 Å². The van der Waals surface area contributed by atoms with Crippen LogP contribution in [0, 0.1) is 5.82 Å². The van der Waals surface area contributed by atoms with E-state index in [1.807, 2.05) is 38.1 Å². The smallest absolute Gasteiger partial charge is 0.125 e. The van der Waals surface area contributed by atoms with Gasteiger partial charge in [-0.05, 0) is 49.7 Å². The fourth-order valence-electron chi connectivity index (χ4n) is 1.94. The lowest BCUT2D eigenvalue weighted by Gasteiger charge is -2.17. The molecule has 0 aliphatic carbocycles. The molecule has 2 aromatic rings. The van der Waals surface area contributed by atoms with Gasteiger partial charge in [0.05, 0.1) is 17.3 Å². The summed E-state index contributed by atoms with van der Waals surface area (Å²) in [6.07, 6.45) is 0. The first-order chi connectivity index (χ1) is 9.60. The minimum absolute atomic E-state index is 0.0185. The predicted octanol–water partition coefficient (Wildman–Crippen LogP) is 5.05. The van der Waals surface area contributed by atoms with Crippen molar-refractivity contribution in [1.82, 2.24) is 0 Å². The summed E-state index contributed by atoms with van der Waals surface area (Å²) >= 11 is 6.05. The minimum Gasteiger partial charge on any atom is -0.494 e. The first-order valence-electron chi connectivity index (χ1n) is 6.54. The second kappa shape index (κ2) is 6.62. The normalized spacial score (nSPS) is 12.0. The molecule has 0 radical (unpaired) electrons. The number of hydrogen-bond acceptors (Lipinski definition) is 2. The van der Waals surface area contributed by atoms with Gasteiger partial charge < -0.3 is 10.1 Å². The number of hydrogen-bond donors (Lipinski definition) is 1. The van der Waals surface area contributed by atoms with E-state index in [1.165, 1.54) is 12.1 Å². The van der Waals surface area contributed by atoms with E-state index in [2.05, 4.69) is 5.32 Å². The molecule has 0 saturated carbocycles. The Labute approximate surface area is 123 Å². The summed E-state index contributed by atoms with van der Waals surface area (Å²) in [6.45, 7) is 4.59. The zero-order valence-electron chi connectivity index (χ0n) is 11.5. The van der Waals surface area contributed by atoms with Crippen molar-refractivity contribution in [3.05, 3.63) is 58.9 Å². The second-order valence-corrected chi connectivity index (χ2v) is 4.90. The van der Waals surface area contributed by atoms with Crippen molar-refractivity contribution < 1.29 is 9.13 Å². The summed E-state index contributed by atoms with van der Waals surface area (Å²) in [6, 6.07) is 12.1. The van der Waals surface area contributed by atoms with E-state index in [1.54, 1.807) is 6.07 Å². The fraction of sp³-hybridized carbons (Fsp3) is 0.250. The lowest BCUT2D eigenvalue weighted by Crippen LogP contribution is -2.07. The molecular formula is C16H17ClFNO. The summed E-state index contributed by atoms with van der Waals surface area (Å²) in [5.74, 6) is 0.531. The molecule has 1 N–H and O–H groups in total. The maximum Gasteiger partial charge on any atom is 0.125 e. The van der Waals surface area contributed by atoms with Crippen molar-refractivity contribution in [3.63, 3.8) is 0 Å². The molecule has 106 valence electrons. The van der Waals surface area contributed by atoms with Gasteiger partial charge >= 0.3 is 0 Å². The number of nitrogens with one attached hydrogen (secondary N) is 1. The third-order valence-corrected chi connectivity index (χ3v) is 3.32. The van der Waals surface area contributed by atoms with Crippen molar-refractivity contribution in [2.24, 2.45) is 0 Å². The van der Waals surface area contributed by atoms with Crippen molar-refractivity contribution in [2.45, 2.75) is 19.9 Å². The third kappa shape index (κ3) is 3.64. The van der Waals surface area contributed by atoms with Gasteiger partial charge in [-0.25, -0.2) is 4.39 Å². The van der Waals surface area contributed by atoms with Gasteiger partial charge in [-0.15, -0.1) is 0 Å². The van der Waals surface area contributed by atoms with Gasteiger partial charge in [0.1, 0.15) is 11.6 Å². The van der Waals surface area contributed by atoms with Gasteiger partial charge in [-0.1, -0.05) is 23.7 Å². The number of ether oxygens (including phenoxy) is 1. The van der Waals surface area contributed by atoms with Crippen LogP contribution in [0.15, 0.2) is 42.5 Å². The average molecular weight is 294 g/mol. The highest BCUT2D eigenvalue weighted by Crippen LogP contribution is 2.27. The molecule has 2 aromatic carbocycles. The third-order valence-electron chi connectivity index (χ3n) is 2.99. The summed E-state index contributed by atoms with van der Waals surface area (Å²) in [4.78, 5) is 0. The van der Waals surface area contributed by atoms with Gasteiger partial charge in [0.15, 0.2) is 0 Å². The summed E-state index contributed by atoms with van der Waals surface area (Å²) in [5, 5.41) is 3.71. The molecule has 0 aromatic heterocycles. The predicted molar refractivity (Wildman–Crippen MR) is 81.1 cm³/mol. The largest absolute Gasteiger partial charge is 0.494 e. The number of benzene rings is 2. The van der Waals surface area contributed by atoms with Crippen LogP contribution < -0.4 is 10.1 Å². The molecule has 0 bridgehead atoms. The van der Waals surface area contributed by atoms with Crippen molar-refractivity contribution in [3.8, 4) is 5.75 Å². The summed E-state index contributed by atoms with van der Waals surface area (Å²) in [5.41, 5.74) is 1.67. The molecule has 1 unspecified atom stereocenters. The van der Waals surface area contributed by atoms with Gasteiger partial charge in [-0.3, -0.25) is 0 Å². The van der Waals surface area contributed by atoms with E-state index in [0.717, 1.165) is 11.3 Å². The van der Waals surface area contributed by atoms with Crippen molar-refractivity contribution in [1.29, 1.82) is 0 Å². The SMILES string of the molecule is CCOc1ccc(C(C)Nc2cc(F)ccc2Cl)cc1. The number of rotatable bonds is 5.